The summed E-state index contributed by atoms with van der Waals surface area (Å²) >= 11 is 1.47. The topological polar surface area (TPSA) is 70.1 Å². The van der Waals surface area contributed by atoms with E-state index in [-0.39, 0.29) is 11.3 Å². The molecule has 0 spiro atoms. The number of nitrogens with zero attached hydrogens (tertiary/aromatic N) is 2. The molecule has 7 heteroatoms. The van der Waals surface area contributed by atoms with E-state index < -0.39 is 17.7 Å². The number of likely N-dealkylation sites (N-methyl/N-ethyl adjacent to an activating group) is 1. The predicted molar refractivity (Wildman–Crippen MR) is 119 cm³/mol. The Bertz CT molecular complexity index is 948. The van der Waals surface area contributed by atoms with Gasteiger partial charge in [0, 0.05) is 23.5 Å². The highest BCUT2D eigenvalue weighted by atomic mass is 32.1. The van der Waals surface area contributed by atoms with Crippen molar-refractivity contribution in [2.75, 3.05) is 33.3 Å². The van der Waals surface area contributed by atoms with Crippen LogP contribution in [-0.4, -0.2) is 59.9 Å². The van der Waals surface area contributed by atoms with Gasteiger partial charge in [0.15, 0.2) is 0 Å². The number of likely N-dealkylation sites (tertiary alicyclic amines) is 1. The monoisotopic (exact) mass is 428 g/mol. The van der Waals surface area contributed by atoms with Crippen molar-refractivity contribution in [1.82, 2.24) is 9.80 Å². The fourth-order valence-corrected chi connectivity index (χ4v) is 4.67. The highest BCUT2D eigenvalue weighted by molar-refractivity contribution is 7.10. The summed E-state index contributed by atoms with van der Waals surface area (Å²) in [5.74, 6) is -0.657. The van der Waals surface area contributed by atoms with E-state index in [0.717, 1.165) is 23.5 Å². The van der Waals surface area contributed by atoms with Crippen LogP contribution in [0.15, 0.2) is 41.3 Å². The maximum absolute atomic E-state index is 13.0. The molecule has 0 unspecified atom stereocenters. The Morgan fingerprint density at radius 2 is 1.97 bits per heavy atom. The van der Waals surface area contributed by atoms with Gasteiger partial charge in [-0.05, 0) is 55.2 Å². The van der Waals surface area contributed by atoms with Crippen LogP contribution in [0.25, 0.3) is 5.76 Å². The molecule has 1 aliphatic heterocycles. The molecule has 0 bridgehead atoms. The van der Waals surface area contributed by atoms with Crippen LogP contribution in [0.2, 0.25) is 0 Å². The Kier molecular flexibility index (Phi) is 6.95. The summed E-state index contributed by atoms with van der Waals surface area (Å²) in [6.07, 6.45) is 0. The number of Topliss-reactive ketones (excluding diaryl/α,β-unsaturated/α-hetero) is 1. The Hall–Kier alpha value is -2.64. The molecule has 2 aromatic rings. The molecule has 0 saturated carbocycles. The lowest BCUT2D eigenvalue weighted by atomic mass is 9.99. The quantitative estimate of drug-likeness (QED) is 0.393. The highest BCUT2D eigenvalue weighted by Crippen LogP contribution is 2.41. The number of thiophene rings is 1. The largest absolute Gasteiger partial charge is 0.507 e. The van der Waals surface area contributed by atoms with E-state index in [0.29, 0.717) is 24.4 Å². The number of amides is 1. The molecule has 0 radical (unpaired) electrons. The standard InChI is InChI=1S/C23H28N2O4S/c1-5-24(6-2)11-12-25-20(18-8-7-13-30-18)19(22(27)23(25)28)21(26)16-9-10-17(29-4)15(3)14-16/h7-10,13-14,20,26H,5-6,11-12H2,1-4H3/b21-19+/t20-/m0/s1. The van der Waals surface area contributed by atoms with Crippen LogP contribution >= 0.6 is 11.3 Å². The lowest BCUT2D eigenvalue weighted by Gasteiger charge is -2.27. The molecule has 1 amide bonds. The van der Waals surface area contributed by atoms with Gasteiger partial charge in [0.1, 0.15) is 11.5 Å². The summed E-state index contributed by atoms with van der Waals surface area (Å²) in [5.41, 5.74) is 1.48. The molecular formula is C23H28N2O4S. The predicted octanol–water partition coefficient (Wildman–Crippen LogP) is 3.83. The summed E-state index contributed by atoms with van der Waals surface area (Å²) < 4.78 is 5.29. The Morgan fingerprint density at radius 3 is 2.53 bits per heavy atom. The minimum absolute atomic E-state index is 0.145. The molecule has 1 aromatic heterocycles. The SMILES string of the molecule is CCN(CC)CCN1C(=O)C(=O)/C(=C(/O)c2ccc(OC)c(C)c2)[C@@H]1c1cccs1. The highest BCUT2D eigenvalue weighted by Gasteiger charge is 2.46. The van der Waals surface area contributed by atoms with Crippen LogP contribution in [0.4, 0.5) is 0 Å². The minimum atomic E-state index is -0.640. The number of hydrogen-bond donors (Lipinski definition) is 1. The van der Waals surface area contributed by atoms with Crippen molar-refractivity contribution in [2.45, 2.75) is 26.8 Å². The van der Waals surface area contributed by atoms with E-state index >= 15 is 0 Å². The van der Waals surface area contributed by atoms with Crippen LogP contribution < -0.4 is 4.74 Å². The average molecular weight is 429 g/mol. The third-order valence-corrected chi connectivity index (χ3v) is 6.50. The van der Waals surface area contributed by atoms with Crippen molar-refractivity contribution in [1.29, 1.82) is 0 Å². The molecule has 1 aromatic carbocycles. The maximum Gasteiger partial charge on any atom is 0.295 e. The van der Waals surface area contributed by atoms with Crippen LogP contribution in [0.3, 0.4) is 0 Å². The number of aliphatic hydroxyl groups is 1. The van der Waals surface area contributed by atoms with E-state index in [1.807, 2.05) is 24.4 Å². The molecule has 30 heavy (non-hydrogen) atoms. The Labute approximate surface area is 181 Å². The lowest BCUT2D eigenvalue weighted by molar-refractivity contribution is -0.140. The van der Waals surface area contributed by atoms with Crippen molar-refractivity contribution in [3.63, 3.8) is 0 Å². The number of benzene rings is 1. The zero-order chi connectivity index (χ0) is 21.8. The summed E-state index contributed by atoms with van der Waals surface area (Å²) in [6.45, 7) is 8.84. The van der Waals surface area contributed by atoms with Gasteiger partial charge in [0.25, 0.3) is 11.7 Å². The van der Waals surface area contributed by atoms with Crippen LogP contribution in [0, 0.1) is 6.92 Å². The van der Waals surface area contributed by atoms with Gasteiger partial charge < -0.3 is 19.6 Å². The van der Waals surface area contributed by atoms with Crippen molar-refractivity contribution >= 4 is 28.8 Å². The second-order valence-electron chi connectivity index (χ2n) is 7.22. The van der Waals surface area contributed by atoms with Crippen LogP contribution in [0.1, 0.15) is 35.9 Å². The first-order valence-electron chi connectivity index (χ1n) is 10.1. The zero-order valence-electron chi connectivity index (χ0n) is 17.8. The number of ether oxygens (including phenoxy) is 1. The van der Waals surface area contributed by atoms with Gasteiger partial charge in [-0.1, -0.05) is 19.9 Å². The van der Waals surface area contributed by atoms with Gasteiger partial charge in [-0.3, -0.25) is 9.59 Å². The number of carbonyl (C=O) groups is 2. The van der Waals surface area contributed by atoms with Crippen molar-refractivity contribution in [2.24, 2.45) is 0 Å². The Morgan fingerprint density at radius 1 is 1.23 bits per heavy atom. The van der Waals surface area contributed by atoms with Gasteiger partial charge in [0.2, 0.25) is 0 Å². The van der Waals surface area contributed by atoms with Gasteiger partial charge in [0.05, 0.1) is 18.7 Å². The van der Waals surface area contributed by atoms with Crippen molar-refractivity contribution < 1.29 is 19.4 Å². The molecular weight excluding hydrogens is 400 g/mol. The molecule has 1 saturated heterocycles. The summed E-state index contributed by atoms with van der Waals surface area (Å²) in [5, 5.41) is 13.0. The molecule has 1 aliphatic rings. The molecule has 3 rings (SSSR count). The molecule has 1 atom stereocenters. The molecule has 6 nitrogen and oxygen atoms in total. The smallest absolute Gasteiger partial charge is 0.295 e. The number of ketones is 1. The first-order valence-corrected chi connectivity index (χ1v) is 11.0. The minimum Gasteiger partial charge on any atom is -0.507 e. The molecule has 160 valence electrons. The van der Waals surface area contributed by atoms with Crippen LogP contribution in [0.5, 0.6) is 5.75 Å². The third kappa shape index (κ3) is 4.13. The zero-order valence-corrected chi connectivity index (χ0v) is 18.7. The summed E-state index contributed by atoms with van der Waals surface area (Å²) in [6, 6.07) is 8.43. The number of aliphatic hydroxyl groups excluding tert-OH is 1. The fraction of sp³-hybridized carbons (Fsp3) is 0.391. The van der Waals surface area contributed by atoms with E-state index in [9.17, 15) is 14.7 Å². The Balaban J connectivity index is 2.05. The third-order valence-electron chi connectivity index (χ3n) is 5.57. The second kappa shape index (κ2) is 9.45. The summed E-state index contributed by atoms with van der Waals surface area (Å²) in [4.78, 5) is 30.6. The maximum atomic E-state index is 13.0. The summed E-state index contributed by atoms with van der Waals surface area (Å²) in [7, 11) is 1.58. The number of hydrogen-bond acceptors (Lipinski definition) is 6. The first-order chi connectivity index (χ1) is 14.4. The van der Waals surface area contributed by atoms with E-state index in [1.165, 1.54) is 11.3 Å². The number of aryl methyl sites for hydroxylation is 1. The molecule has 1 fully saturated rings. The van der Waals surface area contributed by atoms with E-state index in [2.05, 4.69) is 18.7 Å². The molecule has 2 heterocycles. The number of carbonyl (C=O) groups excluding carboxylic acids is 2. The van der Waals surface area contributed by atoms with Crippen molar-refractivity contribution in [3.8, 4) is 5.75 Å². The average Bonchev–Trinajstić information content (AvgIpc) is 3.36. The number of methoxy groups -OCH3 is 1. The van der Waals surface area contributed by atoms with E-state index in [1.54, 1.807) is 30.2 Å². The van der Waals surface area contributed by atoms with Gasteiger partial charge in [-0.25, -0.2) is 0 Å². The van der Waals surface area contributed by atoms with E-state index in [4.69, 9.17) is 4.74 Å². The number of rotatable bonds is 8. The normalized spacial score (nSPS) is 18.4. The second-order valence-corrected chi connectivity index (χ2v) is 8.20. The lowest BCUT2D eigenvalue weighted by Crippen LogP contribution is -2.37. The molecule has 1 N–H and O–H groups in total. The van der Waals surface area contributed by atoms with Gasteiger partial charge >= 0.3 is 0 Å². The first kappa shape index (κ1) is 22.1. The van der Waals surface area contributed by atoms with Gasteiger partial charge in [-0.2, -0.15) is 0 Å². The molecule has 0 aliphatic carbocycles. The fourth-order valence-electron chi connectivity index (χ4n) is 3.82. The van der Waals surface area contributed by atoms with Gasteiger partial charge in [-0.15, -0.1) is 11.3 Å². The van der Waals surface area contributed by atoms with Crippen LogP contribution in [-0.2, 0) is 9.59 Å². The van der Waals surface area contributed by atoms with Crippen molar-refractivity contribution in [3.05, 3.63) is 57.3 Å².